The van der Waals surface area contributed by atoms with E-state index >= 15 is 0 Å². The van der Waals surface area contributed by atoms with E-state index in [1.54, 1.807) is 0 Å². The van der Waals surface area contributed by atoms with E-state index in [9.17, 15) is 4.79 Å². The number of aromatic nitrogens is 1. The Morgan fingerprint density at radius 2 is 2.04 bits per heavy atom. The van der Waals surface area contributed by atoms with Gasteiger partial charge in [0.05, 0.1) is 17.5 Å². The van der Waals surface area contributed by atoms with Gasteiger partial charge in [-0.25, -0.2) is 10.4 Å². The molecule has 0 spiro atoms. The topological polar surface area (TPSA) is 54.4 Å². The molecule has 0 atom stereocenters. The van der Waals surface area contributed by atoms with Gasteiger partial charge in [0, 0.05) is 15.8 Å². The number of fused-ring (bicyclic) bond motifs is 1. The molecule has 0 radical (unpaired) electrons. The molecular weight excluding hydrogens is 354 g/mol. The highest BCUT2D eigenvalue weighted by atomic mass is 35.5. The molecule has 3 rings (SSSR count). The number of halogens is 1. The number of rotatable bonds is 5. The van der Waals surface area contributed by atoms with E-state index in [2.05, 4.69) is 15.5 Å². The highest BCUT2D eigenvalue weighted by molar-refractivity contribution is 8.00. The molecule has 0 aliphatic heterocycles. The molecule has 0 saturated heterocycles. The van der Waals surface area contributed by atoms with Crippen LogP contribution in [0.3, 0.4) is 0 Å². The first-order valence-electron chi connectivity index (χ1n) is 7.69. The van der Waals surface area contributed by atoms with Crippen molar-refractivity contribution in [2.24, 2.45) is 5.10 Å². The van der Waals surface area contributed by atoms with Crippen LogP contribution < -0.4 is 5.43 Å². The van der Waals surface area contributed by atoms with Crippen LogP contribution in [0.25, 0.3) is 10.9 Å². The fourth-order valence-corrected chi connectivity index (χ4v) is 3.20. The third kappa shape index (κ3) is 4.59. The minimum atomic E-state index is -0.175. The first-order chi connectivity index (χ1) is 12.1. The lowest BCUT2D eigenvalue weighted by Gasteiger charge is -2.04. The van der Waals surface area contributed by atoms with Crippen LogP contribution >= 0.6 is 23.4 Å². The van der Waals surface area contributed by atoms with Crippen molar-refractivity contribution < 1.29 is 4.79 Å². The first kappa shape index (κ1) is 17.5. The van der Waals surface area contributed by atoms with Crippen LogP contribution in [0.4, 0.5) is 0 Å². The molecular formula is C19H16ClN3OS. The van der Waals surface area contributed by atoms with Crippen LogP contribution in [-0.4, -0.2) is 22.9 Å². The molecule has 2 aromatic carbocycles. The van der Waals surface area contributed by atoms with Gasteiger partial charge in [-0.05, 0) is 30.7 Å². The van der Waals surface area contributed by atoms with Gasteiger partial charge in [0.2, 0.25) is 5.91 Å². The molecule has 126 valence electrons. The third-order valence-electron chi connectivity index (χ3n) is 3.53. The molecule has 0 bridgehead atoms. The van der Waals surface area contributed by atoms with E-state index in [1.165, 1.54) is 18.0 Å². The van der Waals surface area contributed by atoms with Crippen molar-refractivity contribution >= 4 is 46.4 Å². The van der Waals surface area contributed by atoms with E-state index < -0.39 is 0 Å². The minimum absolute atomic E-state index is 0.175. The lowest BCUT2D eigenvalue weighted by atomic mass is 10.1. The summed E-state index contributed by atoms with van der Waals surface area (Å²) in [5, 5.41) is 5.32. The molecule has 1 amide bonds. The number of pyridine rings is 1. The van der Waals surface area contributed by atoms with Gasteiger partial charge >= 0.3 is 0 Å². The normalized spacial score (nSPS) is 11.1. The van der Waals surface area contributed by atoms with Gasteiger partial charge in [-0.15, -0.1) is 11.8 Å². The fraction of sp³-hybridized carbons (Fsp3) is 0.105. The molecule has 3 aromatic rings. The van der Waals surface area contributed by atoms with E-state index in [1.807, 2.05) is 61.5 Å². The second-order valence-corrected chi connectivity index (χ2v) is 6.82. The number of thioether (sulfide) groups is 1. The highest BCUT2D eigenvalue weighted by Crippen LogP contribution is 2.21. The quantitative estimate of drug-likeness (QED) is 0.313. The maximum absolute atomic E-state index is 11.9. The summed E-state index contributed by atoms with van der Waals surface area (Å²) in [7, 11) is 0. The lowest BCUT2D eigenvalue weighted by Crippen LogP contribution is -2.19. The van der Waals surface area contributed by atoms with Gasteiger partial charge in [-0.3, -0.25) is 4.79 Å². The molecule has 1 N–H and O–H groups in total. The van der Waals surface area contributed by atoms with Gasteiger partial charge in [-0.2, -0.15) is 5.10 Å². The predicted octanol–water partition coefficient (Wildman–Crippen LogP) is 4.44. The zero-order valence-corrected chi connectivity index (χ0v) is 15.1. The van der Waals surface area contributed by atoms with Crippen LogP contribution in [0.2, 0.25) is 5.15 Å². The van der Waals surface area contributed by atoms with Crippen LogP contribution in [0.1, 0.15) is 11.1 Å². The average Bonchev–Trinajstić information content (AvgIpc) is 2.62. The minimum Gasteiger partial charge on any atom is -0.272 e. The maximum atomic E-state index is 11.9. The Hall–Kier alpha value is -2.37. The average molecular weight is 370 g/mol. The number of para-hydroxylation sites is 1. The van der Waals surface area contributed by atoms with Crippen LogP contribution in [0, 0.1) is 6.92 Å². The van der Waals surface area contributed by atoms with Gasteiger partial charge in [0.15, 0.2) is 0 Å². The number of hydrazone groups is 1. The Morgan fingerprint density at radius 1 is 1.24 bits per heavy atom. The van der Waals surface area contributed by atoms with Crippen LogP contribution in [-0.2, 0) is 4.79 Å². The number of aryl methyl sites for hydroxylation is 1. The molecule has 25 heavy (non-hydrogen) atoms. The lowest BCUT2D eigenvalue weighted by molar-refractivity contribution is -0.118. The second kappa shape index (κ2) is 8.14. The highest BCUT2D eigenvalue weighted by Gasteiger charge is 2.05. The largest absolute Gasteiger partial charge is 0.272 e. The molecule has 0 fully saturated rings. The Morgan fingerprint density at radius 3 is 2.84 bits per heavy atom. The van der Waals surface area contributed by atoms with Gasteiger partial charge in [-0.1, -0.05) is 48.0 Å². The summed E-state index contributed by atoms with van der Waals surface area (Å²) in [5.74, 6) is 0.121. The number of carbonyl (C=O) groups excluding carboxylic acids is 1. The number of hydrogen-bond acceptors (Lipinski definition) is 4. The number of nitrogens with zero attached hydrogens (tertiary/aromatic N) is 2. The summed E-state index contributed by atoms with van der Waals surface area (Å²) < 4.78 is 0. The number of amides is 1. The van der Waals surface area contributed by atoms with E-state index in [4.69, 9.17) is 11.6 Å². The molecule has 0 unspecified atom stereocenters. The number of benzene rings is 2. The Bertz CT molecular complexity index is 929. The Kier molecular flexibility index (Phi) is 5.68. The maximum Gasteiger partial charge on any atom is 0.250 e. The third-order valence-corrected chi connectivity index (χ3v) is 4.85. The number of hydrogen-bond donors (Lipinski definition) is 1. The van der Waals surface area contributed by atoms with Gasteiger partial charge in [0.25, 0.3) is 0 Å². The summed E-state index contributed by atoms with van der Waals surface area (Å²) >= 11 is 7.67. The zero-order chi connectivity index (χ0) is 17.6. The summed E-state index contributed by atoms with van der Waals surface area (Å²) in [5.41, 5.74) is 5.11. The smallest absolute Gasteiger partial charge is 0.250 e. The van der Waals surface area contributed by atoms with Crippen LogP contribution in [0.15, 0.2) is 64.6 Å². The van der Waals surface area contributed by atoms with Crippen molar-refractivity contribution in [2.75, 3.05) is 5.75 Å². The van der Waals surface area contributed by atoms with Gasteiger partial charge < -0.3 is 0 Å². The summed E-state index contributed by atoms with van der Waals surface area (Å²) in [6, 6.07) is 17.6. The number of carbonyl (C=O) groups is 1. The summed E-state index contributed by atoms with van der Waals surface area (Å²) in [6.07, 6.45) is 1.52. The zero-order valence-electron chi connectivity index (χ0n) is 13.6. The molecule has 1 aromatic heterocycles. The second-order valence-electron chi connectivity index (χ2n) is 5.41. The van der Waals surface area contributed by atoms with E-state index in [-0.39, 0.29) is 5.91 Å². The molecule has 0 aliphatic rings. The van der Waals surface area contributed by atoms with Crippen LogP contribution in [0.5, 0.6) is 0 Å². The van der Waals surface area contributed by atoms with Crippen molar-refractivity contribution in [2.45, 2.75) is 11.8 Å². The summed E-state index contributed by atoms with van der Waals surface area (Å²) in [4.78, 5) is 17.3. The molecule has 4 nitrogen and oxygen atoms in total. The number of nitrogens with one attached hydrogen (secondary N) is 1. The van der Waals surface area contributed by atoms with E-state index in [0.29, 0.717) is 16.5 Å². The van der Waals surface area contributed by atoms with Crippen molar-refractivity contribution in [1.29, 1.82) is 0 Å². The van der Waals surface area contributed by atoms with Crippen molar-refractivity contribution in [3.05, 3.63) is 70.9 Å². The predicted molar refractivity (Wildman–Crippen MR) is 104 cm³/mol. The first-order valence-corrected chi connectivity index (χ1v) is 9.05. The molecule has 0 saturated carbocycles. The summed E-state index contributed by atoms with van der Waals surface area (Å²) in [6.45, 7) is 1.99. The molecule has 0 aliphatic carbocycles. The van der Waals surface area contributed by atoms with E-state index in [0.717, 1.165) is 21.4 Å². The van der Waals surface area contributed by atoms with Gasteiger partial charge in [0.1, 0.15) is 5.15 Å². The fourth-order valence-electron chi connectivity index (χ4n) is 2.30. The standard InChI is InChI=1S/C19H16ClN3OS/c1-13-6-5-7-14-10-15(19(20)22-18(13)14)11-21-23-17(24)12-25-16-8-3-2-4-9-16/h2-11H,12H2,1H3,(H,23,24)/b21-11-. The van der Waals surface area contributed by atoms with Crippen molar-refractivity contribution in [3.8, 4) is 0 Å². The van der Waals surface area contributed by atoms with Crippen molar-refractivity contribution in [3.63, 3.8) is 0 Å². The molecule has 1 heterocycles. The van der Waals surface area contributed by atoms with Crippen molar-refractivity contribution in [1.82, 2.24) is 10.4 Å². The molecule has 6 heteroatoms. The Balaban J connectivity index is 1.63. The monoisotopic (exact) mass is 369 g/mol. The SMILES string of the molecule is Cc1cccc2cc(/C=N\NC(=O)CSc3ccccc3)c(Cl)nc12. The Labute approximate surface area is 155 Å².